The van der Waals surface area contributed by atoms with Crippen molar-refractivity contribution in [3.05, 3.63) is 70.0 Å². The van der Waals surface area contributed by atoms with E-state index in [2.05, 4.69) is 20.4 Å². The molecule has 1 aliphatic heterocycles. The summed E-state index contributed by atoms with van der Waals surface area (Å²) in [4.78, 5) is 21.1. The average Bonchev–Trinajstić information content (AvgIpc) is 3.54. The molecule has 1 fully saturated rings. The van der Waals surface area contributed by atoms with Gasteiger partial charge in [0, 0.05) is 19.0 Å². The minimum Gasteiger partial charge on any atom is -0.372 e. The van der Waals surface area contributed by atoms with E-state index >= 15 is 0 Å². The number of fused-ring (bicyclic) bond motifs is 1. The maximum absolute atomic E-state index is 14.1. The topological polar surface area (TPSA) is 86.3 Å². The molecule has 8 nitrogen and oxygen atoms in total. The zero-order valence-electron chi connectivity index (χ0n) is 17.2. The molecule has 0 aromatic carbocycles. The number of ether oxygens (including phenoxy) is 1. The van der Waals surface area contributed by atoms with Crippen LogP contribution in [0.15, 0.2) is 43.0 Å². The number of aromatic nitrogens is 5. The number of pyridine rings is 2. The van der Waals surface area contributed by atoms with Crippen LogP contribution in [0.3, 0.4) is 0 Å². The van der Waals surface area contributed by atoms with Crippen molar-refractivity contribution in [1.82, 2.24) is 24.1 Å². The molecule has 0 radical (unpaired) electrons. The summed E-state index contributed by atoms with van der Waals surface area (Å²) in [6.45, 7) is 0.602. The Labute approximate surface area is 200 Å². The third kappa shape index (κ3) is 3.99. The summed E-state index contributed by atoms with van der Waals surface area (Å²) in [5.74, 6) is -1.01. The van der Waals surface area contributed by atoms with Crippen LogP contribution in [-0.4, -0.2) is 36.7 Å². The van der Waals surface area contributed by atoms with Crippen molar-refractivity contribution in [2.75, 3.05) is 11.9 Å². The third-order valence-corrected chi connectivity index (χ3v) is 5.94. The zero-order valence-corrected chi connectivity index (χ0v) is 18.7. The highest BCUT2D eigenvalue weighted by molar-refractivity contribution is 6.33. The number of hydrogen-bond donors (Lipinski definition) is 1. The van der Waals surface area contributed by atoms with Crippen LogP contribution in [0.5, 0.6) is 0 Å². The SMILES string of the molecule is O=C(Nc1cnc(C2CCCO2)c(Cl)c1)c1cnn(-c2ccc(Cl)c3nccn23)c1C(F)(F)F. The number of halogens is 5. The Balaban J connectivity index is 1.50. The van der Waals surface area contributed by atoms with Crippen LogP contribution in [-0.2, 0) is 10.9 Å². The molecule has 13 heteroatoms. The van der Waals surface area contributed by atoms with E-state index in [1.807, 2.05) is 0 Å². The molecule has 0 saturated carbocycles. The van der Waals surface area contributed by atoms with Gasteiger partial charge < -0.3 is 10.1 Å². The summed E-state index contributed by atoms with van der Waals surface area (Å²) < 4.78 is 49.8. The summed E-state index contributed by atoms with van der Waals surface area (Å²) >= 11 is 12.3. The van der Waals surface area contributed by atoms with Crippen LogP contribution in [0.4, 0.5) is 18.9 Å². The van der Waals surface area contributed by atoms with Crippen molar-refractivity contribution < 1.29 is 22.7 Å². The molecule has 1 N–H and O–H groups in total. The highest BCUT2D eigenvalue weighted by atomic mass is 35.5. The number of carbonyl (C=O) groups is 1. The molecular weight excluding hydrogens is 496 g/mol. The number of alkyl halides is 3. The number of anilines is 1. The van der Waals surface area contributed by atoms with Crippen molar-refractivity contribution >= 4 is 40.4 Å². The summed E-state index contributed by atoms with van der Waals surface area (Å²) in [6, 6.07) is 4.19. The fourth-order valence-electron chi connectivity index (χ4n) is 3.85. The Hall–Kier alpha value is -3.15. The van der Waals surface area contributed by atoms with Crippen LogP contribution >= 0.6 is 23.2 Å². The second-order valence-corrected chi connectivity index (χ2v) is 8.34. The van der Waals surface area contributed by atoms with Gasteiger partial charge in [-0.1, -0.05) is 23.2 Å². The van der Waals surface area contributed by atoms with Crippen LogP contribution in [0.1, 0.15) is 40.7 Å². The van der Waals surface area contributed by atoms with Gasteiger partial charge in [0.15, 0.2) is 11.3 Å². The lowest BCUT2D eigenvalue weighted by Gasteiger charge is -2.15. The normalized spacial score (nSPS) is 16.3. The molecular formula is C21H15Cl2F3N6O2. The maximum atomic E-state index is 14.1. The van der Waals surface area contributed by atoms with Crippen LogP contribution in [0, 0.1) is 0 Å². The fourth-order valence-corrected chi connectivity index (χ4v) is 4.34. The number of carbonyl (C=O) groups excluding carboxylic acids is 1. The van der Waals surface area contributed by atoms with Crippen LogP contribution < -0.4 is 5.32 Å². The number of rotatable bonds is 4. The van der Waals surface area contributed by atoms with Crippen molar-refractivity contribution in [2.24, 2.45) is 0 Å². The van der Waals surface area contributed by atoms with Gasteiger partial charge >= 0.3 is 6.18 Å². The summed E-state index contributed by atoms with van der Waals surface area (Å²) in [7, 11) is 0. The summed E-state index contributed by atoms with van der Waals surface area (Å²) in [6.07, 6.45) is 1.53. The lowest BCUT2D eigenvalue weighted by molar-refractivity contribution is -0.143. The Kier molecular flexibility index (Phi) is 5.70. The third-order valence-electron chi connectivity index (χ3n) is 5.34. The highest BCUT2D eigenvalue weighted by Crippen LogP contribution is 2.36. The minimum atomic E-state index is -4.89. The molecule has 0 aliphatic carbocycles. The monoisotopic (exact) mass is 510 g/mol. The van der Waals surface area contributed by atoms with Crippen LogP contribution in [0.2, 0.25) is 10.0 Å². The molecule has 34 heavy (non-hydrogen) atoms. The van der Waals surface area contributed by atoms with Gasteiger partial charge in [-0.2, -0.15) is 18.3 Å². The second kappa shape index (κ2) is 8.57. The molecule has 0 spiro atoms. The lowest BCUT2D eigenvalue weighted by atomic mass is 10.1. The molecule has 4 aromatic heterocycles. The van der Waals surface area contributed by atoms with E-state index in [4.69, 9.17) is 27.9 Å². The molecule has 1 amide bonds. The first-order valence-corrected chi connectivity index (χ1v) is 10.8. The molecule has 5 rings (SSSR count). The van der Waals surface area contributed by atoms with Crippen LogP contribution in [0.25, 0.3) is 11.5 Å². The fraction of sp³-hybridized carbons (Fsp3) is 0.238. The Morgan fingerprint density at radius 3 is 2.71 bits per heavy atom. The number of hydrogen-bond acceptors (Lipinski definition) is 5. The van der Waals surface area contributed by atoms with E-state index in [1.54, 1.807) is 0 Å². The molecule has 176 valence electrons. The first kappa shape index (κ1) is 22.6. The minimum absolute atomic E-state index is 0.00824. The Bertz CT molecular complexity index is 1400. The average molecular weight is 511 g/mol. The lowest BCUT2D eigenvalue weighted by Crippen LogP contribution is -2.21. The molecule has 1 aliphatic rings. The van der Waals surface area contributed by atoms with E-state index in [0.29, 0.717) is 17.0 Å². The van der Waals surface area contributed by atoms with Crippen molar-refractivity contribution in [1.29, 1.82) is 0 Å². The highest BCUT2D eigenvalue weighted by Gasteiger charge is 2.41. The van der Waals surface area contributed by atoms with Gasteiger partial charge in [0.2, 0.25) is 0 Å². The second-order valence-electron chi connectivity index (χ2n) is 7.52. The van der Waals surface area contributed by atoms with E-state index in [1.165, 1.54) is 41.2 Å². The van der Waals surface area contributed by atoms with E-state index in [0.717, 1.165) is 19.0 Å². The Morgan fingerprint density at radius 2 is 2.00 bits per heavy atom. The number of imidazole rings is 1. The smallest absolute Gasteiger partial charge is 0.372 e. The molecule has 0 bridgehead atoms. The Morgan fingerprint density at radius 1 is 1.18 bits per heavy atom. The van der Waals surface area contributed by atoms with Gasteiger partial charge in [-0.3, -0.25) is 14.2 Å². The van der Waals surface area contributed by atoms with Gasteiger partial charge in [-0.05, 0) is 31.0 Å². The van der Waals surface area contributed by atoms with Gasteiger partial charge in [0.05, 0.1) is 39.4 Å². The van der Waals surface area contributed by atoms with Crippen molar-refractivity contribution in [3.63, 3.8) is 0 Å². The quantitative estimate of drug-likeness (QED) is 0.400. The molecule has 1 unspecified atom stereocenters. The summed E-state index contributed by atoms with van der Waals surface area (Å²) in [5.41, 5.74) is -1.01. The van der Waals surface area contributed by atoms with E-state index in [9.17, 15) is 18.0 Å². The van der Waals surface area contributed by atoms with Crippen molar-refractivity contribution in [2.45, 2.75) is 25.1 Å². The van der Waals surface area contributed by atoms with Gasteiger partial charge in [0.1, 0.15) is 11.9 Å². The van der Waals surface area contributed by atoms with E-state index in [-0.39, 0.29) is 33.3 Å². The zero-order chi connectivity index (χ0) is 24.0. The van der Waals surface area contributed by atoms with E-state index < -0.39 is 23.3 Å². The van der Waals surface area contributed by atoms with Gasteiger partial charge in [0.25, 0.3) is 5.91 Å². The first-order chi connectivity index (χ1) is 16.2. The van der Waals surface area contributed by atoms with Gasteiger partial charge in [-0.15, -0.1) is 0 Å². The van der Waals surface area contributed by atoms with Gasteiger partial charge in [-0.25, -0.2) is 9.67 Å². The van der Waals surface area contributed by atoms with Crippen molar-refractivity contribution in [3.8, 4) is 5.82 Å². The standard InChI is InChI=1S/C21H15Cl2F3N6O2/c22-13-3-4-16(31-6-5-27-19(13)31)32-18(21(24,25)26)12(10-29-32)20(33)30-11-8-14(23)17(28-9-11)15-2-1-7-34-15/h3-6,8-10,15H,1-2,7H2,(H,30,33). The predicted octanol–water partition coefficient (Wildman–Crippen LogP) is 5.34. The molecule has 1 atom stereocenters. The molecule has 5 heterocycles. The first-order valence-electron chi connectivity index (χ1n) is 10.1. The number of nitrogens with one attached hydrogen (secondary N) is 1. The number of nitrogens with zero attached hydrogens (tertiary/aromatic N) is 5. The summed E-state index contributed by atoms with van der Waals surface area (Å²) in [5, 5.41) is 6.76. The number of amides is 1. The maximum Gasteiger partial charge on any atom is 0.434 e. The molecule has 4 aromatic rings. The predicted molar refractivity (Wildman–Crippen MR) is 117 cm³/mol. The largest absolute Gasteiger partial charge is 0.434 e. The molecule has 1 saturated heterocycles.